The number of ether oxygens (including phenoxy) is 2. The van der Waals surface area contributed by atoms with Gasteiger partial charge in [-0.15, -0.1) is 0 Å². The van der Waals surface area contributed by atoms with E-state index in [1.807, 2.05) is 52.0 Å². The zero-order chi connectivity index (χ0) is 15.9. The van der Waals surface area contributed by atoms with Crippen molar-refractivity contribution in [1.82, 2.24) is 5.32 Å². The monoisotopic (exact) mass is 290 g/mol. The molecule has 116 valence electrons. The molecule has 0 aliphatic rings. The lowest BCUT2D eigenvalue weighted by molar-refractivity contribution is 0.172. The zero-order valence-electron chi connectivity index (χ0n) is 13.6. The number of benzene rings is 1. The smallest absolute Gasteiger partial charge is 0.120 e. The number of rotatable bonds is 8. The Labute approximate surface area is 128 Å². The van der Waals surface area contributed by atoms with Crippen LogP contribution in [0.4, 0.5) is 0 Å². The molecule has 0 bridgehead atoms. The second kappa shape index (κ2) is 8.02. The zero-order valence-corrected chi connectivity index (χ0v) is 13.6. The van der Waals surface area contributed by atoms with Gasteiger partial charge in [-0.1, -0.05) is 12.1 Å². The van der Waals surface area contributed by atoms with Crippen LogP contribution in [0.1, 0.15) is 39.7 Å². The fourth-order valence-corrected chi connectivity index (χ4v) is 2.50. The molecule has 2 unspecified atom stereocenters. The third-order valence-electron chi connectivity index (χ3n) is 3.10. The first-order chi connectivity index (χ1) is 9.88. The number of nitrogens with zero attached hydrogens (tertiary/aromatic N) is 1. The second-order valence-corrected chi connectivity index (χ2v) is 5.96. The van der Waals surface area contributed by atoms with Gasteiger partial charge in [0, 0.05) is 19.6 Å². The molecule has 21 heavy (non-hydrogen) atoms. The van der Waals surface area contributed by atoms with Gasteiger partial charge in [-0.3, -0.25) is 5.32 Å². The fourth-order valence-electron chi connectivity index (χ4n) is 2.50. The highest BCUT2D eigenvalue weighted by Crippen LogP contribution is 2.20. The van der Waals surface area contributed by atoms with Crippen molar-refractivity contribution in [1.29, 1.82) is 5.26 Å². The van der Waals surface area contributed by atoms with Gasteiger partial charge in [0.1, 0.15) is 11.3 Å². The molecule has 0 aliphatic heterocycles. The highest BCUT2D eigenvalue weighted by atomic mass is 16.5. The van der Waals surface area contributed by atoms with Gasteiger partial charge in [0.2, 0.25) is 0 Å². The summed E-state index contributed by atoms with van der Waals surface area (Å²) in [6.45, 7) is 8.54. The molecular weight excluding hydrogens is 264 g/mol. The molecule has 0 fully saturated rings. The van der Waals surface area contributed by atoms with Crippen molar-refractivity contribution in [3.05, 3.63) is 29.8 Å². The Balaban J connectivity index is 2.66. The van der Waals surface area contributed by atoms with E-state index in [9.17, 15) is 5.26 Å². The molecule has 4 heteroatoms. The van der Waals surface area contributed by atoms with E-state index in [1.165, 1.54) is 0 Å². The lowest BCUT2D eigenvalue weighted by Gasteiger charge is -2.29. The van der Waals surface area contributed by atoms with Gasteiger partial charge in [-0.05, 0) is 45.4 Å². The van der Waals surface area contributed by atoms with Crippen LogP contribution in [0.15, 0.2) is 24.3 Å². The average molecular weight is 290 g/mol. The van der Waals surface area contributed by atoms with Crippen LogP contribution >= 0.6 is 0 Å². The summed E-state index contributed by atoms with van der Waals surface area (Å²) in [7, 11) is 1.67. The quantitative estimate of drug-likeness (QED) is 0.798. The summed E-state index contributed by atoms with van der Waals surface area (Å²) < 4.78 is 11.1. The van der Waals surface area contributed by atoms with Crippen molar-refractivity contribution in [2.75, 3.05) is 7.11 Å². The van der Waals surface area contributed by atoms with Crippen molar-refractivity contribution in [3.8, 4) is 11.8 Å². The molecule has 0 aliphatic carbocycles. The summed E-state index contributed by atoms with van der Waals surface area (Å²) in [6.07, 6.45) is 0.564. The SMILES string of the molecule is COCc1cccc(OC(C)CC(C)(C#N)NC(C)C)c1. The van der Waals surface area contributed by atoms with Gasteiger partial charge in [-0.2, -0.15) is 5.26 Å². The molecule has 0 aromatic heterocycles. The minimum Gasteiger partial charge on any atom is -0.491 e. The summed E-state index contributed by atoms with van der Waals surface area (Å²) in [5, 5.41) is 12.7. The van der Waals surface area contributed by atoms with E-state index in [1.54, 1.807) is 7.11 Å². The van der Waals surface area contributed by atoms with Crippen LogP contribution in [-0.2, 0) is 11.3 Å². The van der Waals surface area contributed by atoms with E-state index in [0.717, 1.165) is 11.3 Å². The van der Waals surface area contributed by atoms with E-state index in [4.69, 9.17) is 9.47 Å². The second-order valence-electron chi connectivity index (χ2n) is 5.96. The first kappa shape index (κ1) is 17.5. The van der Waals surface area contributed by atoms with Crippen molar-refractivity contribution in [2.45, 2.75) is 58.4 Å². The molecule has 0 saturated carbocycles. The first-order valence-electron chi connectivity index (χ1n) is 7.32. The molecule has 0 radical (unpaired) electrons. The maximum Gasteiger partial charge on any atom is 0.120 e. The maximum absolute atomic E-state index is 9.38. The highest BCUT2D eigenvalue weighted by Gasteiger charge is 2.27. The Morgan fingerprint density at radius 1 is 1.33 bits per heavy atom. The molecule has 0 heterocycles. The third kappa shape index (κ3) is 6.16. The van der Waals surface area contributed by atoms with Gasteiger partial charge in [0.15, 0.2) is 0 Å². The van der Waals surface area contributed by atoms with Crippen molar-refractivity contribution in [2.24, 2.45) is 0 Å². The highest BCUT2D eigenvalue weighted by molar-refractivity contribution is 5.28. The van der Waals surface area contributed by atoms with Crippen LogP contribution in [0.2, 0.25) is 0 Å². The molecule has 0 amide bonds. The minimum absolute atomic E-state index is 0.0568. The third-order valence-corrected chi connectivity index (χ3v) is 3.10. The minimum atomic E-state index is -0.586. The Morgan fingerprint density at radius 3 is 2.62 bits per heavy atom. The Bertz CT molecular complexity index is 482. The number of hydrogen-bond acceptors (Lipinski definition) is 4. The van der Waals surface area contributed by atoms with E-state index in [-0.39, 0.29) is 12.1 Å². The van der Waals surface area contributed by atoms with E-state index in [0.29, 0.717) is 13.0 Å². The fraction of sp³-hybridized carbons (Fsp3) is 0.588. The molecule has 1 aromatic carbocycles. The lowest BCUT2D eigenvalue weighted by Crippen LogP contribution is -2.47. The van der Waals surface area contributed by atoms with Gasteiger partial charge in [0.05, 0.1) is 18.8 Å². The summed E-state index contributed by atoms with van der Waals surface area (Å²) >= 11 is 0. The van der Waals surface area contributed by atoms with Gasteiger partial charge in [-0.25, -0.2) is 0 Å². The van der Waals surface area contributed by atoms with Crippen LogP contribution in [0, 0.1) is 11.3 Å². The normalized spacial score (nSPS) is 15.3. The van der Waals surface area contributed by atoms with Crippen molar-refractivity contribution < 1.29 is 9.47 Å². The standard InChI is InChI=1S/C17H26N2O2/c1-13(2)19-17(4,12-18)10-14(3)21-16-8-6-7-15(9-16)11-20-5/h6-9,13-14,19H,10-11H2,1-5H3. The number of hydrogen-bond donors (Lipinski definition) is 1. The molecule has 4 nitrogen and oxygen atoms in total. The Hall–Kier alpha value is -1.57. The molecule has 2 atom stereocenters. The van der Waals surface area contributed by atoms with E-state index in [2.05, 4.69) is 11.4 Å². The molecular formula is C17H26N2O2. The number of methoxy groups -OCH3 is 1. The predicted octanol–water partition coefficient (Wildman–Crippen LogP) is 3.27. The number of nitriles is 1. The topological polar surface area (TPSA) is 54.3 Å². The Kier molecular flexibility index (Phi) is 6.67. The molecule has 0 spiro atoms. The van der Waals surface area contributed by atoms with Gasteiger partial charge < -0.3 is 9.47 Å². The summed E-state index contributed by atoms with van der Waals surface area (Å²) in [4.78, 5) is 0. The van der Waals surface area contributed by atoms with Gasteiger partial charge >= 0.3 is 0 Å². The molecule has 1 rings (SSSR count). The predicted molar refractivity (Wildman–Crippen MR) is 84.2 cm³/mol. The van der Waals surface area contributed by atoms with Crippen LogP contribution in [-0.4, -0.2) is 24.8 Å². The van der Waals surface area contributed by atoms with Crippen LogP contribution < -0.4 is 10.1 Å². The van der Waals surface area contributed by atoms with E-state index < -0.39 is 5.54 Å². The van der Waals surface area contributed by atoms with Crippen LogP contribution in [0.25, 0.3) is 0 Å². The van der Waals surface area contributed by atoms with Crippen molar-refractivity contribution >= 4 is 0 Å². The largest absolute Gasteiger partial charge is 0.491 e. The van der Waals surface area contributed by atoms with Crippen molar-refractivity contribution in [3.63, 3.8) is 0 Å². The van der Waals surface area contributed by atoms with Crippen LogP contribution in [0.5, 0.6) is 5.75 Å². The van der Waals surface area contributed by atoms with Crippen LogP contribution in [0.3, 0.4) is 0 Å². The maximum atomic E-state index is 9.38. The molecule has 1 N–H and O–H groups in total. The molecule has 1 aromatic rings. The van der Waals surface area contributed by atoms with Gasteiger partial charge in [0.25, 0.3) is 0 Å². The lowest BCUT2D eigenvalue weighted by atomic mass is 9.95. The average Bonchev–Trinajstić information content (AvgIpc) is 2.38. The molecule has 0 saturated heterocycles. The Morgan fingerprint density at radius 2 is 2.05 bits per heavy atom. The summed E-state index contributed by atoms with van der Waals surface area (Å²) in [5.41, 5.74) is 0.489. The van der Waals surface area contributed by atoms with E-state index >= 15 is 0 Å². The summed E-state index contributed by atoms with van der Waals surface area (Å²) in [6, 6.07) is 10.5. The first-order valence-corrected chi connectivity index (χ1v) is 7.32. The summed E-state index contributed by atoms with van der Waals surface area (Å²) in [5.74, 6) is 0.807. The number of nitrogens with one attached hydrogen (secondary N) is 1.